The highest BCUT2D eigenvalue weighted by Gasteiger charge is 2.56. The van der Waals surface area contributed by atoms with Gasteiger partial charge in [-0.1, -0.05) is 4.68 Å². The maximum absolute atomic E-state index is 10.8. The molecule has 0 radical (unpaired) electrons. The normalized spacial score (nSPS) is 33.6. The molecule has 0 amide bonds. The van der Waals surface area contributed by atoms with Crippen molar-refractivity contribution in [3.63, 3.8) is 0 Å². The van der Waals surface area contributed by atoms with Crippen molar-refractivity contribution in [3.05, 3.63) is 5.69 Å². The minimum Gasteiger partial charge on any atom is -0.539 e. The van der Waals surface area contributed by atoms with Crippen LogP contribution in [0.15, 0.2) is 4.52 Å². The van der Waals surface area contributed by atoms with Crippen LogP contribution in [0.1, 0.15) is 18.2 Å². The Morgan fingerprint density at radius 2 is 2.60 bits per heavy atom. The maximum atomic E-state index is 10.8. The predicted molar refractivity (Wildman–Crippen MR) is 27.0 cm³/mol. The fourth-order valence-corrected chi connectivity index (χ4v) is 1.71. The first-order valence-electron chi connectivity index (χ1n) is 3.43. The molecule has 2 atom stereocenters. The van der Waals surface area contributed by atoms with Crippen molar-refractivity contribution in [3.8, 4) is 5.95 Å². The Morgan fingerprint density at radius 3 is 3.40 bits per heavy atom. The van der Waals surface area contributed by atoms with Crippen molar-refractivity contribution >= 4 is 0 Å². The van der Waals surface area contributed by atoms with Crippen molar-refractivity contribution in [2.24, 2.45) is 5.92 Å². The number of rotatable bonds is 0. The van der Waals surface area contributed by atoms with E-state index in [-0.39, 0.29) is 5.95 Å². The van der Waals surface area contributed by atoms with E-state index in [4.69, 9.17) is 0 Å². The van der Waals surface area contributed by atoms with Crippen LogP contribution < -0.4 is 9.79 Å². The zero-order valence-corrected chi connectivity index (χ0v) is 5.28. The first-order valence-corrected chi connectivity index (χ1v) is 3.43. The van der Waals surface area contributed by atoms with Gasteiger partial charge in [-0.15, -0.1) is 0 Å². The molecule has 1 aliphatic heterocycles. The third kappa shape index (κ3) is 0.364. The lowest BCUT2D eigenvalue weighted by Crippen LogP contribution is -2.34. The fourth-order valence-electron chi connectivity index (χ4n) is 1.71. The molecule has 3 rings (SSSR count). The Balaban J connectivity index is 2.24. The van der Waals surface area contributed by atoms with E-state index in [1.165, 1.54) is 6.42 Å². The number of fused-ring (bicyclic) bond motifs is 3. The van der Waals surface area contributed by atoms with Crippen LogP contribution in [0.3, 0.4) is 0 Å². The highest BCUT2D eigenvalue weighted by atomic mass is 16.6. The number of aromatic nitrogens is 2. The Morgan fingerprint density at radius 1 is 1.70 bits per heavy atom. The summed E-state index contributed by atoms with van der Waals surface area (Å²) in [5.74, 6) is 0.457. The second kappa shape index (κ2) is 1.19. The van der Waals surface area contributed by atoms with Crippen molar-refractivity contribution in [2.75, 3.05) is 0 Å². The van der Waals surface area contributed by atoms with Crippen molar-refractivity contribution in [1.29, 1.82) is 0 Å². The first kappa shape index (κ1) is 4.71. The van der Waals surface area contributed by atoms with E-state index in [1.807, 2.05) is 0 Å². The summed E-state index contributed by atoms with van der Waals surface area (Å²) in [5.41, 5.74) is 0.765. The molecule has 4 heteroatoms. The Labute approximate surface area is 57.0 Å². The second-order valence-electron chi connectivity index (χ2n) is 3.02. The molecule has 2 aliphatic rings. The highest BCUT2D eigenvalue weighted by molar-refractivity contribution is 5.11. The van der Waals surface area contributed by atoms with Crippen LogP contribution in [0.5, 0.6) is 5.95 Å². The lowest BCUT2D eigenvalue weighted by Gasteiger charge is -1.86. The minimum absolute atomic E-state index is 0.243. The van der Waals surface area contributed by atoms with Crippen molar-refractivity contribution in [2.45, 2.75) is 18.9 Å². The van der Waals surface area contributed by atoms with Gasteiger partial charge < -0.3 is 9.63 Å². The smallest absolute Gasteiger partial charge is 0.234 e. The molecule has 52 valence electrons. The molecule has 0 N–H and O–H groups in total. The molecule has 0 spiro atoms. The van der Waals surface area contributed by atoms with Gasteiger partial charge in [0.25, 0.3) is 0 Å². The number of hydrogen-bond acceptors (Lipinski definition) is 3. The fraction of sp³-hybridized carbons (Fsp3) is 0.667. The molecule has 1 aliphatic carbocycles. The summed E-state index contributed by atoms with van der Waals surface area (Å²) < 4.78 is 6.23. The maximum Gasteiger partial charge on any atom is 0.234 e. The van der Waals surface area contributed by atoms with Gasteiger partial charge in [-0.05, 0) is 0 Å². The summed E-state index contributed by atoms with van der Waals surface area (Å²) in [6, 6.07) is 0.501. The number of nitrogens with zero attached hydrogens (tertiary/aromatic N) is 2. The molecule has 10 heavy (non-hydrogen) atoms. The summed E-state index contributed by atoms with van der Waals surface area (Å²) in [6.45, 7) is 0. The molecular formula is C6H6N2O2. The lowest BCUT2D eigenvalue weighted by molar-refractivity contribution is -0.764. The molecule has 0 bridgehead atoms. The molecule has 1 aromatic rings. The van der Waals surface area contributed by atoms with Crippen molar-refractivity contribution in [1.82, 2.24) is 5.27 Å². The molecule has 0 aromatic carbocycles. The van der Waals surface area contributed by atoms with E-state index in [1.54, 1.807) is 4.68 Å². The lowest BCUT2D eigenvalue weighted by atomic mass is 10.3. The molecular weight excluding hydrogens is 132 g/mol. The third-order valence-electron chi connectivity index (χ3n) is 2.38. The van der Waals surface area contributed by atoms with E-state index in [2.05, 4.69) is 9.79 Å². The first-order chi connectivity index (χ1) is 4.86. The van der Waals surface area contributed by atoms with E-state index in [0.29, 0.717) is 12.0 Å². The van der Waals surface area contributed by atoms with Crippen LogP contribution in [0.25, 0.3) is 0 Å². The van der Waals surface area contributed by atoms with Crippen LogP contribution in [0.4, 0.5) is 0 Å². The number of hydrogen-bond donors (Lipinski definition) is 0. The van der Waals surface area contributed by atoms with E-state index < -0.39 is 0 Å². The summed E-state index contributed by atoms with van der Waals surface area (Å²) >= 11 is 0. The van der Waals surface area contributed by atoms with Gasteiger partial charge in [-0.3, -0.25) is 0 Å². The third-order valence-corrected chi connectivity index (χ3v) is 2.38. The molecule has 4 nitrogen and oxygen atoms in total. The Hall–Kier alpha value is -1.06. The van der Waals surface area contributed by atoms with Crippen LogP contribution in [-0.4, -0.2) is 5.27 Å². The second-order valence-corrected chi connectivity index (χ2v) is 3.02. The van der Waals surface area contributed by atoms with Gasteiger partial charge in [0, 0.05) is 18.8 Å². The van der Waals surface area contributed by atoms with E-state index in [9.17, 15) is 5.11 Å². The van der Waals surface area contributed by atoms with Gasteiger partial charge in [0.1, 0.15) is 0 Å². The van der Waals surface area contributed by atoms with E-state index >= 15 is 0 Å². The molecule has 1 aromatic heterocycles. The monoisotopic (exact) mass is 138 g/mol. The largest absolute Gasteiger partial charge is 0.539 e. The quantitative estimate of drug-likeness (QED) is 0.439. The van der Waals surface area contributed by atoms with Gasteiger partial charge in [0.2, 0.25) is 5.69 Å². The van der Waals surface area contributed by atoms with Gasteiger partial charge in [0.05, 0.1) is 5.27 Å². The molecule has 1 saturated carbocycles. The average Bonchev–Trinajstić information content (AvgIpc) is 2.46. The summed E-state index contributed by atoms with van der Waals surface area (Å²) in [4.78, 5) is 0. The topological polar surface area (TPSA) is 53.0 Å². The summed E-state index contributed by atoms with van der Waals surface area (Å²) in [7, 11) is 0. The van der Waals surface area contributed by atoms with Crippen LogP contribution in [-0.2, 0) is 6.42 Å². The SMILES string of the molecule is [O-]c1on[n+]2c1C[C@H]1C[C@H]12. The summed E-state index contributed by atoms with van der Waals surface area (Å²) in [5, 5.41) is 14.5. The predicted octanol–water partition coefficient (Wildman–Crippen LogP) is -0.847. The van der Waals surface area contributed by atoms with Crippen LogP contribution >= 0.6 is 0 Å². The van der Waals surface area contributed by atoms with E-state index in [0.717, 1.165) is 12.1 Å². The van der Waals surface area contributed by atoms with Gasteiger partial charge in [-0.25, -0.2) is 0 Å². The Bertz CT molecular complexity index is 294. The zero-order chi connectivity index (χ0) is 6.72. The van der Waals surface area contributed by atoms with Crippen LogP contribution in [0.2, 0.25) is 0 Å². The highest BCUT2D eigenvalue weighted by Crippen LogP contribution is 2.46. The van der Waals surface area contributed by atoms with Crippen molar-refractivity contribution < 1.29 is 14.3 Å². The van der Waals surface area contributed by atoms with Gasteiger partial charge >= 0.3 is 0 Å². The van der Waals surface area contributed by atoms with Crippen LogP contribution in [0, 0.1) is 5.92 Å². The zero-order valence-electron chi connectivity index (χ0n) is 5.28. The van der Waals surface area contributed by atoms with Gasteiger partial charge in [0.15, 0.2) is 12.0 Å². The average molecular weight is 138 g/mol. The van der Waals surface area contributed by atoms with Gasteiger partial charge in [-0.2, -0.15) is 0 Å². The molecule has 1 fully saturated rings. The molecule has 2 heterocycles. The standard InChI is InChI=1S/C6H6N2O2/c9-6-5-2-3-1-4(3)8(5)7-10-6/h3-4H,1-2H2/t3-,4-/m1/s1. The minimum atomic E-state index is -0.243. The Kier molecular flexibility index (Phi) is 0.560. The molecule has 0 unspecified atom stereocenters. The summed E-state index contributed by atoms with van der Waals surface area (Å²) in [6.07, 6.45) is 2.07. The molecule has 0 saturated heterocycles.